The van der Waals surface area contributed by atoms with E-state index in [9.17, 15) is 4.79 Å². The lowest BCUT2D eigenvalue weighted by Crippen LogP contribution is -1.96. The van der Waals surface area contributed by atoms with Crippen LogP contribution in [0.3, 0.4) is 0 Å². The first-order valence-electron chi connectivity index (χ1n) is 7.55. The number of carbonyl (C=O) groups is 1. The first kappa shape index (κ1) is 13.5. The van der Waals surface area contributed by atoms with E-state index in [1.165, 1.54) is 34.7 Å². The summed E-state index contributed by atoms with van der Waals surface area (Å²) in [5, 5.41) is 11.5. The van der Waals surface area contributed by atoms with Crippen LogP contribution in [-0.2, 0) is 11.2 Å². The minimum Gasteiger partial charge on any atom is -0.481 e. The molecule has 1 aliphatic carbocycles. The Morgan fingerprint density at radius 1 is 1.05 bits per heavy atom. The van der Waals surface area contributed by atoms with Crippen LogP contribution in [0, 0.1) is 0 Å². The van der Waals surface area contributed by atoms with Gasteiger partial charge in [-0.25, -0.2) is 0 Å². The second-order valence-electron chi connectivity index (χ2n) is 5.86. The summed E-state index contributed by atoms with van der Waals surface area (Å²) in [6, 6.07) is 17.0. The Morgan fingerprint density at radius 2 is 1.82 bits per heavy atom. The highest BCUT2D eigenvalue weighted by molar-refractivity contribution is 7.15. The van der Waals surface area contributed by atoms with E-state index < -0.39 is 5.97 Å². The predicted molar refractivity (Wildman–Crippen MR) is 90.6 cm³/mol. The Morgan fingerprint density at radius 3 is 2.55 bits per heavy atom. The van der Waals surface area contributed by atoms with Crippen molar-refractivity contribution >= 4 is 28.1 Å². The molecular formula is C19H16O2S. The fourth-order valence-corrected chi connectivity index (χ4v) is 4.09. The fourth-order valence-electron chi connectivity index (χ4n) is 3.05. The number of rotatable bonds is 4. The summed E-state index contributed by atoms with van der Waals surface area (Å²) < 4.78 is 0. The van der Waals surface area contributed by atoms with Gasteiger partial charge < -0.3 is 5.11 Å². The summed E-state index contributed by atoms with van der Waals surface area (Å²) in [4.78, 5) is 12.9. The molecule has 1 saturated carbocycles. The van der Waals surface area contributed by atoms with Crippen molar-refractivity contribution < 1.29 is 9.90 Å². The largest absolute Gasteiger partial charge is 0.481 e. The Bertz CT molecular complexity index is 859. The molecule has 2 nitrogen and oxygen atoms in total. The van der Waals surface area contributed by atoms with Gasteiger partial charge in [0.25, 0.3) is 0 Å². The third kappa shape index (κ3) is 2.42. The van der Waals surface area contributed by atoms with Crippen molar-refractivity contribution in [2.24, 2.45) is 0 Å². The van der Waals surface area contributed by atoms with Gasteiger partial charge in [0.15, 0.2) is 0 Å². The molecule has 0 amide bonds. The third-order valence-corrected chi connectivity index (χ3v) is 5.35. The van der Waals surface area contributed by atoms with Crippen molar-refractivity contribution in [3.63, 3.8) is 0 Å². The topological polar surface area (TPSA) is 37.3 Å². The molecule has 0 unspecified atom stereocenters. The average Bonchev–Trinajstić information content (AvgIpc) is 3.26. The summed E-state index contributed by atoms with van der Waals surface area (Å²) >= 11 is 1.58. The van der Waals surface area contributed by atoms with Gasteiger partial charge in [-0.3, -0.25) is 4.79 Å². The minimum absolute atomic E-state index is 0.1000. The quantitative estimate of drug-likeness (QED) is 0.730. The Kier molecular flexibility index (Phi) is 3.23. The lowest BCUT2D eigenvalue weighted by molar-refractivity contribution is -0.136. The molecule has 2 aromatic carbocycles. The Hall–Kier alpha value is -2.13. The molecule has 0 spiro atoms. The molecule has 3 heteroatoms. The van der Waals surface area contributed by atoms with Crippen molar-refractivity contribution in [1.82, 2.24) is 0 Å². The van der Waals surface area contributed by atoms with Gasteiger partial charge in [-0.2, -0.15) is 0 Å². The van der Waals surface area contributed by atoms with Crippen molar-refractivity contribution in [2.75, 3.05) is 0 Å². The normalized spacial score (nSPS) is 14.4. The third-order valence-electron chi connectivity index (χ3n) is 4.23. The standard InChI is InChI=1S/C19H16O2S/c20-19(21)11-13-7-10-18(22-13)17-9-8-14(12-5-6-12)15-3-1-2-4-16(15)17/h1-4,7-10,12H,5-6,11H2,(H,20,21). The van der Waals surface area contributed by atoms with Gasteiger partial charge in [-0.1, -0.05) is 36.4 Å². The fraction of sp³-hybridized carbons (Fsp3) is 0.211. The van der Waals surface area contributed by atoms with E-state index in [1.807, 2.05) is 12.1 Å². The maximum absolute atomic E-state index is 10.9. The van der Waals surface area contributed by atoms with E-state index in [0.29, 0.717) is 0 Å². The molecule has 0 saturated heterocycles. The van der Waals surface area contributed by atoms with E-state index in [4.69, 9.17) is 5.11 Å². The maximum atomic E-state index is 10.9. The summed E-state index contributed by atoms with van der Waals surface area (Å²) in [6.07, 6.45) is 2.69. The van der Waals surface area contributed by atoms with Crippen molar-refractivity contribution in [3.05, 3.63) is 59.0 Å². The molecule has 0 bridgehead atoms. The highest BCUT2D eigenvalue weighted by atomic mass is 32.1. The molecule has 110 valence electrons. The van der Waals surface area contributed by atoms with Crippen LogP contribution in [0.25, 0.3) is 21.2 Å². The molecular weight excluding hydrogens is 292 g/mol. The monoisotopic (exact) mass is 308 g/mol. The lowest BCUT2D eigenvalue weighted by atomic mass is 9.96. The van der Waals surface area contributed by atoms with E-state index in [2.05, 4.69) is 36.4 Å². The zero-order valence-corrected chi connectivity index (χ0v) is 12.9. The van der Waals surface area contributed by atoms with Crippen LogP contribution in [0.5, 0.6) is 0 Å². The zero-order valence-electron chi connectivity index (χ0n) is 12.1. The Labute approximate surface area is 133 Å². The highest BCUT2D eigenvalue weighted by Crippen LogP contribution is 2.45. The molecule has 1 heterocycles. The number of aliphatic carboxylic acids is 1. The smallest absolute Gasteiger partial charge is 0.308 e. The molecule has 0 radical (unpaired) electrons. The summed E-state index contributed by atoms with van der Waals surface area (Å²) in [5.41, 5.74) is 2.67. The van der Waals surface area contributed by atoms with Crippen molar-refractivity contribution in [2.45, 2.75) is 25.2 Å². The van der Waals surface area contributed by atoms with Crippen molar-refractivity contribution in [3.8, 4) is 10.4 Å². The first-order valence-corrected chi connectivity index (χ1v) is 8.36. The van der Waals surface area contributed by atoms with Crippen LogP contribution in [0.2, 0.25) is 0 Å². The molecule has 0 aliphatic heterocycles. The van der Waals surface area contributed by atoms with Crippen LogP contribution < -0.4 is 0 Å². The van der Waals surface area contributed by atoms with E-state index in [0.717, 1.165) is 15.7 Å². The second-order valence-corrected chi connectivity index (χ2v) is 7.03. The maximum Gasteiger partial charge on any atom is 0.308 e. The molecule has 1 aliphatic rings. The van der Waals surface area contributed by atoms with Gasteiger partial charge >= 0.3 is 5.97 Å². The SMILES string of the molecule is O=C(O)Cc1ccc(-c2ccc(C3CC3)c3ccccc23)s1. The highest BCUT2D eigenvalue weighted by Gasteiger charge is 2.25. The number of carboxylic acids is 1. The van der Waals surface area contributed by atoms with Gasteiger partial charge in [-0.05, 0) is 52.8 Å². The number of hydrogen-bond donors (Lipinski definition) is 1. The van der Waals surface area contributed by atoms with E-state index >= 15 is 0 Å². The predicted octanol–water partition coefficient (Wildman–Crippen LogP) is 5.07. The molecule has 3 aromatic rings. The molecule has 1 fully saturated rings. The first-order chi connectivity index (χ1) is 10.7. The van der Waals surface area contributed by atoms with Gasteiger partial charge in [-0.15, -0.1) is 11.3 Å². The number of benzene rings is 2. The molecule has 1 aromatic heterocycles. The van der Waals surface area contributed by atoms with Crippen LogP contribution in [-0.4, -0.2) is 11.1 Å². The minimum atomic E-state index is -0.776. The summed E-state index contributed by atoms with van der Waals surface area (Å²) in [5.74, 6) is -0.0489. The van der Waals surface area contributed by atoms with Crippen molar-refractivity contribution in [1.29, 1.82) is 0 Å². The van der Waals surface area contributed by atoms with Crippen LogP contribution >= 0.6 is 11.3 Å². The number of thiophene rings is 1. The van der Waals surface area contributed by atoms with E-state index in [-0.39, 0.29) is 6.42 Å². The van der Waals surface area contributed by atoms with Crippen LogP contribution in [0.4, 0.5) is 0 Å². The molecule has 22 heavy (non-hydrogen) atoms. The average molecular weight is 308 g/mol. The second kappa shape index (κ2) is 5.25. The lowest BCUT2D eigenvalue weighted by Gasteiger charge is -2.09. The van der Waals surface area contributed by atoms with Gasteiger partial charge in [0.05, 0.1) is 6.42 Å². The number of carboxylic acid groups (broad SMARTS) is 1. The molecule has 1 N–H and O–H groups in total. The number of fused-ring (bicyclic) bond motifs is 1. The van der Waals surface area contributed by atoms with Crippen LogP contribution in [0.15, 0.2) is 48.5 Å². The van der Waals surface area contributed by atoms with Gasteiger partial charge in [0.1, 0.15) is 0 Å². The molecule has 0 atom stereocenters. The zero-order chi connectivity index (χ0) is 15.1. The summed E-state index contributed by atoms with van der Waals surface area (Å²) in [6.45, 7) is 0. The van der Waals surface area contributed by atoms with Gasteiger partial charge in [0, 0.05) is 9.75 Å². The molecule has 4 rings (SSSR count). The van der Waals surface area contributed by atoms with Crippen LogP contribution in [0.1, 0.15) is 29.2 Å². The van der Waals surface area contributed by atoms with Gasteiger partial charge in [0.2, 0.25) is 0 Å². The Balaban J connectivity index is 1.83. The number of hydrogen-bond acceptors (Lipinski definition) is 2. The van der Waals surface area contributed by atoms with E-state index in [1.54, 1.807) is 11.3 Å². The summed E-state index contributed by atoms with van der Waals surface area (Å²) in [7, 11) is 0.